The van der Waals surface area contributed by atoms with Gasteiger partial charge >= 0.3 is 5.97 Å². The van der Waals surface area contributed by atoms with Gasteiger partial charge < -0.3 is 4.74 Å². The van der Waals surface area contributed by atoms with Crippen molar-refractivity contribution in [2.24, 2.45) is 5.92 Å². The standard InChI is InChI=1S/C20H25ClN2O2/c1-20(2,3)17-13-18(25-19(24)14-7-5-4-6-8-14)23(22-17)16-11-9-15(21)10-12-16/h9-14H,4-8H2,1-3H3. The fourth-order valence-electron chi connectivity index (χ4n) is 3.10. The third kappa shape index (κ3) is 4.24. The van der Waals surface area contributed by atoms with Crippen molar-refractivity contribution in [2.45, 2.75) is 58.3 Å². The van der Waals surface area contributed by atoms with Gasteiger partial charge in [0.25, 0.3) is 0 Å². The third-order valence-corrected chi connectivity index (χ3v) is 4.91. The smallest absolute Gasteiger partial charge is 0.315 e. The van der Waals surface area contributed by atoms with Crippen LogP contribution >= 0.6 is 11.6 Å². The summed E-state index contributed by atoms with van der Waals surface area (Å²) in [6, 6.07) is 9.24. The number of nitrogens with zero attached hydrogens (tertiary/aromatic N) is 2. The van der Waals surface area contributed by atoms with Gasteiger partial charge in [0.15, 0.2) is 0 Å². The molecular formula is C20H25ClN2O2. The summed E-state index contributed by atoms with van der Waals surface area (Å²) < 4.78 is 7.47. The Hall–Kier alpha value is -1.81. The van der Waals surface area contributed by atoms with E-state index in [0.717, 1.165) is 37.1 Å². The number of carbonyl (C=O) groups is 1. The highest BCUT2D eigenvalue weighted by atomic mass is 35.5. The van der Waals surface area contributed by atoms with Crippen LogP contribution in [0.25, 0.3) is 5.69 Å². The van der Waals surface area contributed by atoms with Crippen molar-refractivity contribution in [3.63, 3.8) is 0 Å². The molecule has 4 nitrogen and oxygen atoms in total. The molecule has 25 heavy (non-hydrogen) atoms. The molecule has 2 aromatic rings. The summed E-state index contributed by atoms with van der Waals surface area (Å²) in [7, 11) is 0. The van der Waals surface area contributed by atoms with Crippen molar-refractivity contribution in [1.82, 2.24) is 9.78 Å². The molecule has 1 aromatic heterocycles. The molecule has 0 amide bonds. The Kier molecular flexibility index (Phi) is 5.19. The summed E-state index contributed by atoms with van der Waals surface area (Å²) >= 11 is 5.99. The van der Waals surface area contributed by atoms with Gasteiger partial charge in [-0.15, -0.1) is 0 Å². The molecule has 1 aliphatic carbocycles. The molecule has 1 fully saturated rings. The zero-order valence-electron chi connectivity index (χ0n) is 15.1. The van der Waals surface area contributed by atoms with Crippen LogP contribution in [0.15, 0.2) is 30.3 Å². The van der Waals surface area contributed by atoms with Gasteiger partial charge in [0.1, 0.15) is 0 Å². The second kappa shape index (κ2) is 7.20. The van der Waals surface area contributed by atoms with Crippen molar-refractivity contribution in [3.05, 3.63) is 41.0 Å². The minimum Gasteiger partial charge on any atom is -0.407 e. The minimum atomic E-state index is -0.143. The van der Waals surface area contributed by atoms with Gasteiger partial charge in [0.2, 0.25) is 5.88 Å². The van der Waals surface area contributed by atoms with Crippen LogP contribution in [-0.2, 0) is 10.2 Å². The molecule has 134 valence electrons. The summed E-state index contributed by atoms with van der Waals surface area (Å²) in [4.78, 5) is 12.6. The number of rotatable bonds is 3. The highest BCUT2D eigenvalue weighted by molar-refractivity contribution is 6.30. The van der Waals surface area contributed by atoms with Crippen LogP contribution in [0.3, 0.4) is 0 Å². The molecule has 0 radical (unpaired) electrons. The summed E-state index contributed by atoms with van der Waals surface area (Å²) in [6.45, 7) is 6.27. The Bertz CT molecular complexity index is 738. The van der Waals surface area contributed by atoms with E-state index in [1.807, 2.05) is 30.3 Å². The average molecular weight is 361 g/mol. The molecule has 3 rings (SSSR count). The van der Waals surface area contributed by atoms with Crippen LogP contribution < -0.4 is 4.74 Å². The van der Waals surface area contributed by atoms with E-state index in [-0.39, 0.29) is 17.3 Å². The number of ether oxygens (including phenoxy) is 1. The van der Waals surface area contributed by atoms with E-state index in [1.54, 1.807) is 4.68 Å². The maximum atomic E-state index is 12.6. The van der Waals surface area contributed by atoms with E-state index >= 15 is 0 Å². The molecule has 1 saturated carbocycles. The predicted molar refractivity (Wildman–Crippen MR) is 99.5 cm³/mol. The van der Waals surface area contributed by atoms with E-state index in [1.165, 1.54) is 6.42 Å². The number of hydrogen-bond donors (Lipinski definition) is 0. The first kappa shape index (κ1) is 18.0. The number of hydrogen-bond acceptors (Lipinski definition) is 3. The van der Waals surface area contributed by atoms with Crippen LogP contribution in [0.4, 0.5) is 0 Å². The van der Waals surface area contributed by atoms with Crippen molar-refractivity contribution in [2.75, 3.05) is 0 Å². The summed E-state index contributed by atoms with van der Waals surface area (Å²) in [5.41, 5.74) is 1.57. The Morgan fingerprint density at radius 1 is 1.16 bits per heavy atom. The molecule has 5 heteroatoms. The van der Waals surface area contributed by atoms with Gasteiger partial charge in [0.05, 0.1) is 17.3 Å². The Balaban J connectivity index is 1.91. The first-order chi connectivity index (χ1) is 11.8. The highest BCUT2D eigenvalue weighted by Gasteiger charge is 2.27. The zero-order chi connectivity index (χ0) is 18.0. The lowest BCUT2D eigenvalue weighted by molar-refractivity contribution is -0.140. The molecule has 0 spiro atoms. The van der Waals surface area contributed by atoms with Crippen molar-refractivity contribution < 1.29 is 9.53 Å². The van der Waals surface area contributed by atoms with E-state index < -0.39 is 0 Å². The molecule has 1 heterocycles. The molecule has 0 bridgehead atoms. The summed E-state index contributed by atoms with van der Waals surface area (Å²) in [5, 5.41) is 5.34. The molecule has 1 aliphatic rings. The average Bonchev–Trinajstić information content (AvgIpc) is 3.00. The fraction of sp³-hybridized carbons (Fsp3) is 0.500. The largest absolute Gasteiger partial charge is 0.407 e. The lowest BCUT2D eigenvalue weighted by Crippen LogP contribution is -2.23. The maximum absolute atomic E-state index is 12.6. The van der Waals surface area contributed by atoms with Crippen molar-refractivity contribution in [3.8, 4) is 11.6 Å². The van der Waals surface area contributed by atoms with Gasteiger partial charge in [-0.05, 0) is 37.1 Å². The molecule has 0 N–H and O–H groups in total. The molecule has 1 aromatic carbocycles. The summed E-state index contributed by atoms with van der Waals surface area (Å²) in [5.74, 6) is 0.332. The molecule has 0 aliphatic heterocycles. The van der Waals surface area contributed by atoms with Gasteiger partial charge in [-0.3, -0.25) is 4.79 Å². The molecular weight excluding hydrogens is 336 g/mol. The van der Waals surface area contributed by atoms with Gasteiger partial charge in [-0.1, -0.05) is 51.6 Å². The fourth-order valence-corrected chi connectivity index (χ4v) is 3.22. The number of halogens is 1. The first-order valence-electron chi connectivity index (χ1n) is 8.93. The van der Waals surface area contributed by atoms with E-state index in [2.05, 4.69) is 25.9 Å². The normalized spacial score (nSPS) is 16.0. The molecule has 0 saturated heterocycles. The Morgan fingerprint density at radius 2 is 1.80 bits per heavy atom. The Morgan fingerprint density at radius 3 is 2.40 bits per heavy atom. The summed E-state index contributed by atoms with van der Waals surface area (Å²) in [6.07, 6.45) is 5.24. The Labute approximate surface area is 154 Å². The zero-order valence-corrected chi connectivity index (χ0v) is 15.8. The van der Waals surface area contributed by atoms with E-state index in [0.29, 0.717) is 10.9 Å². The third-order valence-electron chi connectivity index (χ3n) is 4.66. The SMILES string of the molecule is CC(C)(C)c1cc(OC(=O)C2CCCCC2)n(-c2ccc(Cl)cc2)n1. The number of aromatic nitrogens is 2. The molecule has 0 unspecified atom stereocenters. The maximum Gasteiger partial charge on any atom is 0.315 e. The monoisotopic (exact) mass is 360 g/mol. The molecule has 0 atom stereocenters. The van der Waals surface area contributed by atoms with Crippen LogP contribution in [0.1, 0.15) is 58.6 Å². The first-order valence-corrected chi connectivity index (χ1v) is 9.30. The van der Waals surface area contributed by atoms with Crippen molar-refractivity contribution in [1.29, 1.82) is 0 Å². The number of esters is 1. The lowest BCUT2D eigenvalue weighted by Gasteiger charge is -2.19. The van der Waals surface area contributed by atoms with Gasteiger partial charge in [-0.2, -0.15) is 5.10 Å². The number of carbonyl (C=O) groups excluding carboxylic acids is 1. The number of benzene rings is 1. The van der Waals surface area contributed by atoms with Crippen LogP contribution in [0, 0.1) is 5.92 Å². The topological polar surface area (TPSA) is 44.1 Å². The second-order valence-corrected chi connectivity index (χ2v) is 8.20. The second-order valence-electron chi connectivity index (χ2n) is 7.76. The van der Waals surface area contributed by atoms with Crippen LogP contribution in [0.5, 0.6) is 5.88 Å². The van der Waals surface area contributed by atoms with Gasteiger partial charge in [0, 0.05) is 16.5 Å². The predicted octanol–water partition coefficient (Wildman–Crippen LogP) is 5.31. The highest BCUT2D eigenvalue weighted by Crippen LogP contribution is 2.30. The van der Waals surface area contributed by atoms with Crippen LogP contribution in [-0.4, -0.2) is 15.7 Å². The van der Waals surface area contributed by atoms with Gasteiger partial charge in [-0.25, -0.2) is 4.68 Å². The van der Waals surface area contributed by atoms with Crippen LogP contribution in [0.2, 0.25) is 5.02 Å². The lowest BCUT2D eigenvalue weighted by atomic mass is 9.89. The quantitative estimate of drug-likeness (QED) is 0.697. The van der Waals surface area contributed by atoms with E-state index in [4.69, 9.17) is 16.3 Å². The van der Waals surface area contributed by atoms with E-state index in [9.17, 15) is 4.79 Å². The van der Waals surface area contributed by atoms with Crippen molar-refractivity contribution >= 4 is 17.6 Å². The minimum absolute atomic E-state index is 0.000375.